The summed E-state index contributed by atoms with van der Waals surface area (Å²) in [7, 11) is 1.65. The third-order valence-electron chi connectivity index (χ3n) is 4.04. The third kappa shape index (κ3) is 7.58. The minimum absolute atomic E-state index is 0.220. The minimum atomic E-state index is -0.653. The van der Waals surface area contributed by atoms with Gasteiger partial charge < -0.3 is 14.4 Å². The number of carbonyl (C=O) groups excluding carboxylic acids is 3. The maximum absolute atomic E-state index is 12.3. The third-order valence-corrected chi connectivity index (χ3v) is 4.04. The molecule has 0 aliphatic heterocycles. The number of nitrogens with zero attached hydrogens (tertiary/aromatic N) is 1. The van der Waals surface area contributed by atoms with Gasteiger partial charge in [-0.05, 0) is 51.5 Å². The van der Waals surface area contributed by atoms with Crippen LogP contribution in [-0.4, -0.2) is 42.1 Å². The van der Waals surface area contributed by atoms with Gasteiger partial charge in [0.15, 0.2) is 6.61 Å². The predicted octanol–water partition coefficient (Wildman–Crippen LogP) is 4.16. The number of ether oxygens (including phenoxy) is 2. The van der Waals surface area contributed by atoms with E-state index in [0.717, 1.165) is 11.1 Å². The zero-order chi connectivity index (χ0) is 22.3. The molecule has 0 atom stereocenters. The van der Waals surface area contributed by atoms with E-state index in [0.29, 0.717) is 12.2 Å². The average Bonchev–Trinajstić information content (AvgIpc) is 2.66. The molecule has 0 unspecified atom stereocenters. The first-order valence-electron chi connectivity index (χ1n) is 9.60. The van der Waals surface area contributed by atoms with Crippen LogP contribution in [0.4, 0.5) is 10.5 Å². The molecule has 2 amide bonds. The van der Waals surface area contributed by atoms with Gasteiger partial charge in [0, 0.05) is 19.3 Å². The Balaban J connectivity index is 1.88. The molecule has 0 aliphatic rings. The molecule has 0 saturated carbocycles. The molecular formula is C23H28N2O5. The summed E-state index contributed by atoms with van der Waals surface area (Å²) >= 11 is 0. The molecule has 7 nitrogen and oxygen atoms in total. The van der Waals surface area contributed by atoms with E-state index in [9.17, 15) is 14.4 Å². The van der Waals surface area contributed by atoms with Gasteiger partial charge in [0.1, 0.15) is 5.60 Å². The lowest BCUT2D eigenvalue weighted by molar-refractivity contribution is -0.133. The lowest BCUT2D eigenvalue weighted by atomic mass is 10.1. The molecule has 30 heavy (non-hydrogen) atoms. The SMILES string of the molecule is Cc1ccc(CN(C)C(=O)COC(=O)c2cccc(NC(=O)OC(C)(C)C)c2)cc1. The zero-order valence-electron chi connectivity index (χ0n) is 18.0. The Morgan fingerprint density at radius 1 is 1.03 bits per heavy atom. The fourth-order valence-corrected chi connectivity index (χ4v) is 2.52. The number of carbonyl (C=O) groups is 3. The van der Waals surface area contributed by atoms with Gasteiger partial charge >= 0.3 is 12.1 Å². The maximum Gasteiger partial charge on any atom is 0.412 e. The van der Waals surface area contributed by atoms with E-state index in [1.807, 2.05) is 31.2 Å². The summed E-state index contributed by atoms with van der Waals surface area (Å²) < 4.78 is 10.3. The molecular weight excluding hydrogens is 384 g/mol. The molecule has 2 rings (SSSR count). The summed E-state index contributed by atoms with van der Waals surface area (Å²) in [6.07, 6.45) is -0.624. The largest absolute Gasteiger partial charge is 0.452 e. The van der Waals surface area contributed by atoms with Crippen molar-refractivity contribution in [1.29, 1.82) is 0 Å². The molecule has 0 aliphatic carbocycles. The quantitative estimate of drug-likeness (QED) is 0.720. The summed E-state index contributed by atoms with van der Waals surface area (Å²) in [5.41, 5.74) is 2.11. The van der Waals surface area contributed by atoms with Crippen LogP contribution in [0.15, 0.2) is 48.5 Å². The Bertz CT molecular complexity index is 901. The van der Waals surface area contributed by atoms with Crippen LogP contribution in [0.2, 0.25) is 0 Å². The van der Waals surface area contributed by atoms with Crippen molar-refractivity contribution in [2.24, 2.45) is 0 Å². The van der Waals surface area contributed by atoms with Gasteiger partial charge in [-0.25, -0.2) is 9.59 Å². The minimum Gasteiger partial charge on any atom is -0.452 e. The highest BCUT2D eigenvalue weighted by Gasteiger charge is 2.17. The number of hydrogen-bond donors (Lipinski definition) is 1. The molecule has 0 spiro atoms. The summed E-state index contributed by atoms with van der Waals surface area (Å²) in [5, 5.41) is 2.56. The fourth-order valence-electron chi connectivity index (χ4n) is 2.52. The molecule has 0 aromatic heterocycles. The van der Waals surface area contributed by atoms with Crippen molar-refractivity contribution in [3.63, 3.8) is 0 Å². The Hall–Kier alpha value is -3.35. The molecule has 7 heteroatoms. The zero-order valence-corrected chi connectivity index (χ0v) is 18.0. The second-order valence-corrected chi connectivity index (χ2v) is 8.02. The van der Waals surface area contributed by atoms with Crippen LogP contribution in [0.1, 0.15) is 42.3 Å². The Kier molecular flexibility index (Phi) is 7.58. The van der Waals surface area contributed by atoms with Crippen molar-refractivity contribution in [2.75, 3.05) is 19.0 Å². The molecule has 0 heterocycles. The van der Waals surface area contributed by atoms with Gasteiger partial charge in [0.25, 0.3) is 5.91 Å². The standard InChI is InChI=1S/C23H28N2O5/c1-16-9-11-17(12-10-16)14-25(5)20(26)15-29-21(27)18-7-6-8-19(13-18)24-22(28)30-23(2,3)4/h6-13H,14-15H2,1-5H3,(H,24,28). The smallest absolute Gasteiger partial charge is 0.412 e. The van der Waals surface area contributed by atoms with Crippen LogP contribution in [0, 0.1) is 6.92 Å². The molecule has 160 valence electrons. The van der Waals surface area contributed by atoms with Crippen molar-refractivity contribution in [3.05, 3.63) is 65.2 Å². The van der Waals surface area contributed by atoms with E-state index in [4.69, 9.17) is 9.47 Å². The van der Waals surface area contributed by atoms with Crippen molar-refractivity contribution in [1.82, 2.24) is 4.90 Å². The van der Waals surface area contributed by atoms with Crippen molar-refractivity contribution < 1.29 is 23.9 Å². The summed E-state index contributed by atoms with van der Waals surface area (Å²) in [6, 6.07) is 14.1. The van der Waals surface area contributed by atoms with Crippen molar-refractivity contribution >= 4 is 23.7 Å². The molecule has 0 bridgehead atoms. The van der Waals surface area contributed by atoms with Crippen molar-refractivity contribution in [2.45, 2.75) is 39.8 Å². The maximum atomic E-state index is 12.3. The van der Waals surface area contributed by atoms with Gasteiger partial charge in [-0.15, -0.1) is 0 Å². The van der Waals surface area contributed by atoms with Crippen LogP contribution in [0.5, 0.6) is 0 Å². The molecule has 1 N–H and O–H groups in total. The lowest BCUT2D eigenvalue weighted by Gasteiger charge is -2.19. The molecule has 0 radical (unpaired) electrons. The van der Waals surface area contributed by atoms with Crippen LogP contribution in [0.25, 0.3) is 0 Å². The van der Waals surface area contributed by atoms with E-state index in [1.165, 1.54) is 11.0 Å². The number of aryl methyl sites for hydroxylation is 1. The number of esters is 1. The van der Waals surface area contributed by atoms with Crippen LogP contribution >= 0.6 is 0 Å². The Labute approximate surface area is 177 Å². The van der Waals surface area contributed by atoms with Gasteiger partial charge in [-0.1, -0.05) is 35.9 Å². The predicted molar refractivity (Wildman–Crippen MR) is 114 cm³/mol. The van der Waals surface area contributed by atoms with E-state index in [1.54, 1.807) is 46.0 Å². The van der Waals surface area contributed by atoms with E-state index in [-0.39, 0.29) is 18.1 Å². The number of benzene rings is 2. The van der Waals surface area contributed by atoms with Crippen LogP contribution in [0.3, 0.4) is 0 Å². The van der Waals surface area contributed by atoms with Gasteiger partial charge in [-0.3, -0.25) is 10.1 Å². The number of likely N-dealkylation sites (N-methyl/N-ethyl adjacent to an activating group) is 1. The number of anilines is 1. The van der Waals surface area contributed by atoms with Crippen molar-refractivity contribution in [3.8, 4) is 0 Å². The summed E-state index contributed by atoms with van der Waals surface area (Å²) in [6.45, 7) is 7.32. The second-order valence-electron chi connectivity index (χ2n) is 8.02. The number of hydrogen-bond acceptors (Lipinski definition) is 5. The Morgan fingerprint density at radius 3 is 2.33 bits per heavy atom. The first-order chi connectivity index (χ1) is 14.0. The summed E-state index contributed by atoms with van der Waals surface area (Å²) in [4.78, 5) is 37.9. The number of rotatable bonds is 6. The molecule has 2 aromatic carbocycles. The number of amides is 2. The van der Waals surface area contributed by atoms with Crippen LogP contribution in [-0.2, 0) is 20.8 Å². The monoisotopic (exact) mass is 412 g/mol. The first kappa shape index (κ1) is 22.9. The topological polar surface area (TPSA) is 84.9 Å². The Morgan fingerprint density at radius 2 is 1.70 bits per heavy atom. The van der Waals surface area contributed by atoms with E-state index in [2.05, 4.69) is 5.32 Å². The second kappa shape index (κ2) is 9.91. The molecule has 0 fully saturated rings. The van der Waals surface area contributed by atoms with E-state index < -0.39 is 17.7 Å². The molecule has 0 saturated heterocycles. The number of nitrogens with one attached hydrogen (secondary N) is 1. The summed E-state index contributed by atoms with van der Waals surface area (Å²) in [5.74, 6) is -0.966. The van der Waals surface area contributed by atoms with Crippen LogP contribution < -0.4 is 5.32 Å². The highest BCUT2D eigenvalue weighted by Crippen LogP contribution is 2.14. The molecule has 2 aromatic rings. The lowest BCUT2D eigenvalue weighted by Crippen LogP contribution is -2.30. The average molecular weight is 412 g/mol. The highest BCUT2D eigenvalue weighted by atomic mass is 16.6. The fraction of sp³-hybridized carbons (Fsp3) is 0.348. The highest BCUT2D eigenvalue weighted by molar-refractivity contribution is 5.93. The van der Waals surface area contributed by atoms with Gasteiger partial charge in [0.05, 0.1) is 5.56 Å². The first-order valence-corrected chi connectivity index (χ1v) is 9.60. The van der Waals surface area contributed by atoms with E-state index >= 15 is 0 Å². The van der Waals surface area contributed by atoms with Gasteiger partial charge in [-0.2, -0.15) is 0 Å². The van der Waals surface area contributed by atoms with Gasteiger partial charge in [0.2, 0.25) is 0 Å². The normalized spacial score (nSPS) is 10.8.